The molecule has 0 amide bonds. The van der Waals surface area contributed by atoms with Crippen LogP contribution in [-0.2, 0) is 0 Å². The van der Waals surface area contributed by atoms with Gasteiger partial charge in [0.2, 0.25) is 0 Å². The summed E-state index contributed by atoms with van der Waals surface area (Å²) in [6.07, 6.45) is 1.79. The lowest BCUT2D eigenvalue weighted by atomic mass is 10.0. The number of nitrogens with zero attached hydrogens (tertiary/aromatic N) is 3. The third kappa shape index (κ3) is 5.33. The highest BCUT2D eigenvalue weighted by molar-refractivity contribution is 6.33. The van der Waals surface area contributed by atoms with Gasteiger partial charge in [-0.05, 0) is 43.7 Å². The van der Waals surface area contributed by atoms with E-state index in [0.717, 1.165) is 34.8 Å². The van der Waals surface area contributed by atoms with E-state index in [2.05, 4.69) is 16.9 Å². The van der Waals surface area contributed by atoms with Gasteiger partial charge in [-0.2, -0.15) is 0 Å². The van der Waals surface area contributed by atoms with Crippen molar-refractivity contribution in [1.29, 1.82) is 0 Å². The molecule has 0 aromatic heterocycles. The highest BCUT2D eigenvalue weighted by atomic mass is 35.5. The summed E-state index contributed by atoms with van der Waals surface area (Å²) in [4.78, 5) is 10.8. The molecule has 0 heterocycles. The Kier molecular flexibility index (Phi) is 7.02. The first-order valence-corrected chi connectivity index (χ1v) is 8.61. The molecule has 0 atom stereocenters. The van der Waals surface area contributed by atoms with Gasteiger partial charge < -0.3 is 9.64 Å². The first-order valence-electron chi connectivity index (χ1n) is 8.23. The van der Waals surface area contributed by atoms with E-state index < -0.39 is 0 Å². The van der Waals surface area contributed by atoms with Gasteiger partial charge in [0, 0.05) is 26.2 Å². The van der Waals surface area contributed by atoms with Crippen molar-refractivity contribution in [3.05, 3.63) is 58.6 Å². The fourth-order valence-electron chi connectivity index (χ4n) is 2.25. The Morgan fingerprint density at radius 1 is 1.24 bits per heavy atom. The largest absolute Gasteiger partial charge is 0.487 e. The lowest BCUT2D eigenvalue weighted by Crippen LogP contribution is -2.15. The van der Waals surface area contributed by atoms with Gasteiger partial charge in [-0.25, -0.2) is 4.99 Å². The molecule has 0 bridgehead atoms. The van der Waals surface area contributed by atoms with Gasteiger partial charge in [-0.1, -0.05) is 29.8 Å². The molecule has 2 aromatic carbocycles. The molecule has 25 heavy (non-hydrogen) atoms. The predicted molar refractivity (Wildman–Crippen MR) is 107 cm³/mol. The Morgan fingerprint density at radius 2 is 1.96 bits per heavy atom. The van der Waals surface area contributed by atoms with Crippen LogP contribution in [0.2, 0.25) is 5.02 Å². The second-order valence-electron chi connectivity index (χ2n) is 5.71. The lowest BCUT2D eigenvalue weighted by molar-refractivity contribution is 0.377. The monoisotopic (exact) mass is 357 g/mol. The van der Waals surface area contributed by atoms with Crippen LogP contribution in [0.1, 0.15) is 18.1 Å². The number of aryl methyl sites for hydroxylation is 1. The summed E-state index contributed by atoms with van der Waals surface area (Å²) >= 11 is 6.42. The standard InChI is InChI=1S/C20H24ClN3O/c1-5-24(4)14-23-19-11-15(2)17(12-18(19)21)20(22-3)13-25-16-9-7-6-8-10-16/h6-12,14H,5,13H2,1-4H3. The second-order valence-corrected chi connectivity index (χ2v) is 6.12. The fourth-order valence-corrected chi connectivity index (χ4v) is 2.46. The predicted octanol–water partition coefficient (Wildman–Crippen LogP) is 4.76. The Labute approximate surface area is 154 Å². The summed E-state index contributed by atoms with van der Waals surface area (Å²) in [6.45, 7) is 5.38. The number of benzene rings is 2. The van der Waals surface area contributed by atoms with Crippen LogP contribution in [0.4, 0.5) is 5.69 Å². The van der Waals surface area contributed by atoms with Crippen LogP contribution in [0.25, 0.3) is 0 Å². The zero-order valence-electron chi connectivity index (χ0n) is 15.2. The van der Waals surface area contributed by atoms with Crippen LogP contribution < -0.4 is 4.74 Å². The summed E-state index contributed by atoms with van der Waals surface area (Å²) in [7, 11) is 3.74. The van der Waals surface area contributed by atoms with Gasteiger partial charge in [0.25, 0.3) is 0 Å². The Morgan fingerprint density at radius 3 is 2.60 bits per heavy atom. The molecule has 0 aliphatic heterocycles. The molecule has 0 saturated carbocycles. The van der Waals surface area contributed by atoms with Crippen molar-refractivity contribution in [2.24, 2.45) is 9.98 Å². The molecule has 4 nitrogen and oxygen atoms in total. The summed E-state index contributed by atoms with van der Waals surface area (Å²) in [6, 6.07) is 13.6. The molecule has 2 rings (SSSR count). The normalized spacial score (nSPS) is 11.8. The molecule has 2 aromatic rings. The SMILES string of the molecule is CCN(C)C=Nc1cc(C)c(C(COc2ccccc2)=NC)cc1Cl. The number of ether oxygens (including phenoxy) is 1. The van der Waals surface area contributed by atoms with Crippen LogP contribution in [0.15, 0.2) is 52.4 Å². The second kappa shape index (κ2) is 9.23. The smallest absolute Gasteiger partial charge is 0.130 e. The van der Waals surface area contributed by atoms with Crippen LogP contribution in [-0.4, -0.2) is 44.2 Å². The Bertz CT molecular complexity index is 757. The van der Waals surface area contributed by atoms with Crippen LogP contribution in [0, 0.1) is 6.92 Å². The molecule has 0 unspecified atom stereocenters. The van der Waals surface area contributed by atoms with E-state index >= 15 is 0 Å². The van der Waals surface area contributed by atoms with Crippen molar-refractivity contribution in [1.82, 2.24) is 4.90 Å². The van der Waals surface area contributed by atoms with Crippen molar-refractivity contribution in [2.75, 3.05) is 27.2 Å². The van der Waals surface area contributed by atoms with Crippen LogP contribution in [0.5, 0.6) is 5.75 Å². The third-order valence-corrected chi connectivity index (χ3v) is 4.19. The molecular weight excluding hydrogens is 334 g/mol. The maximum absolute atomic E-state index is 6.42. The van der Waals surface area contributed by atoms with E-state index in [1.807, 2.05) is 61.3 Å². The highest BCUT2D eigenvalue weighted by Gasteiger charge is 2.11. The van der Waals surface area contributed by atoms with E-state index in [0.29, 0.717) is 11.6 Å². The minimum atomic E-state index is 0.388. The van der Waals surface area contributed by atoms with Crippen LogP contribution >= 0.6 is 11.6 Å². The Balaban J connectivity index is 2.19. The van der Waals surface area contributed by atoms with Gasteiger partial charge >= 0.3 is 0 Å². The molecule has 0 radical (unpaired) electrons. The molecule has 0 aliphatic carbocycles. The first-order chi connectivity index (χ1) is 12.0. The number of halogens is 1. The molecule has 0 N–H and O–H groups in total. The zero-order chi connectivity index (χ0) is 18.2. The minimum absolute atomic E-state index is 0.388. The molecule has 0 saturated heterocycles. The van der Waals surface area contributed by atoms with Crippen molar-refractivity contribution in [3.8, 4) is 5.75 Å². The highest BCUT2D eigenvalue weighted by Crippen LogP contribution is 2.29. The molecule has 0 spiro atoms. The maximum Gasteiger partial charge on any atom is 0.130 e. The van der Waals surface area contributed by atoms with Gasteiger partial charge in [0.05, 0.1) is 22.8 Å². The molecular formula is C20H24ClN3O. The van der Waals surface area contributed by atoms with Gasteiger partial charge in [0.1, 0.15) is 12.4 Å². The molecule has 5 heteroatoms. The number of para-hydroxylation sites is 1. The van der Waals surface area contributed by atoms with E-state index in [1.54, 1.807) is 13.4 Å². The van der Waals surface area contributed by atoms with E-state index in [4.69, 9.17) is 16.3 Å². The molecule has 0 aliphatic rings. The van der Waals surface area contributed by atoms with Gasteiger partial charge in [0.15, 0.2) is 0 Å². The van der Waals surface area contributed by atoms with E-state index in [9.17, 15) is 0 Å². The first kappa shape index (κ1) is 19.0. The number of hydrogen-bond acceptors (Lipinski definition) is 3. The van der Waals surface area contributed by atoms with Crippen molar-refractivity contribution in [3.63, 3.8) is 0 Å². The summed E-state index contributed by atoms with van der Waals surface area (Å²) < 4.78 is 5.82. The van der Waals surface area contributed by atoms with Crippen molar-refractivity contribution >= 4 is 29.3 Å². The van der Waals surface area contributed by atoms with Crippen LogP contribution in [0.3, 0.4) is 0 Å². The average molecular weight is 358 g/mol. The molecule has 0 fully saturated rings. The number of aliphatic imine (C=N–C) groups is 2. The minimum Gasteiger partial charge on any atom is -0.487 e. The average Bonchev–Trinajstić information content (AvgIpc) is 2.63. The summed E-state index contributed by atoms with van der Waals surface area (Å²) in [5.74, 6) is 0.816. The van der Waals surface area contributed by atoms with E-state index in [-0.39, 0.29) is 0 Å². The zero-order valence-corrected chi connectivity index (χ0v) is 15.9. The number of hydrogen-bond donors (Lipinski definition) is 0. The topological polar surface area (TPSA) is 37.2 Å². The summed E-state index contributed by atoms with van der Waals surface area (Å²) in [5, 5.41) is 0.599. The quantitative estimate of drug-likeness (QED) is 0.529. The van der Waals surface area contributed by atoms with Crippen molar-refractivity contribution in [2.45, 2.75) is 13.8 Å². The maximum atomic E-state index is 6.42. The van der Waals surface area contributed by atoms with Crippen molar-refractivity contribution < 1.29 is 4.74 Å². The Hall–Kier alpha value is -2.33. The lowest BCUT2D eigenvalue weighted by Gasteiger charge is -2.13. The van der Waals surface area contributed by atoms with E-state index in [1.165, 1.54) is 0 Å². The van der Waals surface area contributed by atoms with Gasteiger partial charge in [-0.15, -0.1) is 0 Å². The fraction of sp³-hybridized carbons (Fsp3) is 0.300. The number of rotatable bonds is 7. The summed E-state index contributed by atoms with van der Waals surface area (Å²) in [5.41, 5.74) is 3.64. The molecule has 132 valence electrons. The van der Waals surface area contributed by atoms with Gasteiger partial charge in [-0.3, -0.25) is 4.99 Å². The third-order valence-electron chi connectivity index (χ3n) is 3.89.